The number of nitrogens with one attached hydrogen (secondary N) is 1. The molecule has 0 saturated carbocycles. The number of piperidine rings is 1. The van der Waals surface area contributed by atoms with Crippen LogP contribution in [0, 0.1) is 11.8 Å². The molecule has 0 amide bonds. The Hall–Kier alpha value is -0.820. The fraction of sp³-hybridized carbons (Fsp3) is 0.600. The second-order valence-corrected chi connectivity index (χ2v) is 5.22. The van der Waals surface area contributed by atoms with Gasteiger partial charge in [0.1, 0.15) is 0 Å². The molecule has 1 N–H and O–H groups in total. The third-order valence-corrected chi connectivity index (χ3v) is 3.62. The molecule has 1 aromatic carbocycles. The van der Waals surface area contributed by atoms with E-state index in [4.69, 9.17) is 0 Å². The van der Waals surface area contributed by atoms with E-state index in [1.807, 2.05) is 0 Å². The van der Waals surface area contributed by atoms with E-state index in [1.54, 1.807) is 0 Å². The van der Waals surface area contributed by atoms with E-state index < -0.39 is 0 Å². The molecule has 0 spiro atoms. The van der Waals surface area contributed by atoms with Crippen LogP contribution in [0.2, 0.25) is 0 Å². The van der Waals surface area contributed by atoms with Gasteiger partial charge in [0.25, 0.3) is 0 Å². The summed E-state index contributed by atoms with van der Waals surface area (Å²) in [4.78, 5) is 0. The van der Waals surface area contributed by atoms with Gasteiger partial charge in [-0.25, -0.2) is 0 Å². The smallest absolute Gasteiger partial charge is 0.00463 e. The van der Waals surface area contributed by atoms with Crippen molar-refractivity contribution in [2.24, 2.45) is 11.8 Å². The first-order chi connectivity index (χ1) is 7.84. The summed E-state index contributed by atoms with van der Waals surface area (Å²) in [5, 5.41) is 3.44. The van der Waals surface area contributed by atoms with Crippen LogP contribution in [-0.2, 0) is 6.42 Å². The van der Waals surface area contributed by atoms with Gasteiger partial charge >= 0.3 is 0 Å². The molecule has 1 atom stereocenters. The van der Waals surface area contributed by atoms with E-state index in [0.717, 1.165) is 11.8 Å². The largest absolute Gasteiger partial charge is 0.317 e. The average molecular weight is 217 g/mol. The highest BCUT2D eigenvalue weighted by atomic mass is 14.9. The summed E-state index contributed by atoms with van der Waals surface area (Å²) < 4.78 is 0. The molecule has 1 aromatic rings. The molecule has 0 aromatic heterocycles. The van der Waals surface area contributed by atoms with Crippen molar-refractivity contribution in [1.29, 1.82) is 0 Å². The first-order valence-electron chi connectivity index (χ1n) is 6.59. The molecule has 1 heteroatoms. The zero-order chi connectivity index (χ0) is 11.2. The summed E-state index contributed by atoms with van der Waals surface area (Å²) >= 11 is 0. The topological polar surface area (TPSA) is 12.0 Å². The van der Waals surface area contributed by atoms with Gasteiger partial charge < -0.3 is 5.32 Å². The Bertz CT molecular complexity index is 288. The van der Waals surface area contributed by atoms with Crippen LogP contribution in [0.15, 0.2) is 30.3 Å². The molecule has 0 aliphatic carbocycles. The minimum atomic E-state index is 0.825. The SMILES string of the molecule is C[C@@H](Cc1ccccc1)CC1CCNCC1. The van der Waals surface area contributed by atoms with Crippen molar-refractivity contribution >= 4 is 0 Å². The summed E-state index contributed by atoms with van der Waals surface area (Å²) in [5.74, 6) is 1.78. The zero-order valence-electron chi connectivity index (χ0n) is 10.3. The first kappa shape index (κ1) is 11.7. The molecule has 0 radical (unpaired) electrons. The molecule has 1 heterocycles. The second-order valence-electron chi connectivity index (χ2n) is 5.22. The Morgan fingerprint density at radius 3 is 2.56 bits per heavy atom. The zero-order valence-corrected chi connectivity index (χ0v) is 10.3. The van der Waals surface area contributed by atoms with Crippen molar-refractivity contribution in [3.63, 3.8) is 0 Å². The normalized spacial score (nSPS) is 19.6. The summed E-state index contributed by atoms with van der Waals surface area (Å²) in [6, 6.07) is 10.9. The molecule has 0 bridgehead atoms. The van der Waals surface area contributed by atoms with Crippen molar-refractivity contribution in [2.45, 2.75) is 32.6 Å². The first-order valence-corrected chi connectivity index (χ1v) is 6.59. The molecule has 0 unspecified atom stereocenters. The Morgan fingerprint density at radius 2 is 1.88 bits per heavy atom. The highest BCUT2D eigenvalue weighted by molar-refractivity contribution is 5.15. The lowest BCUT2D eigenvalue weighted by Crippen LogP contribution is -2.28. The minimum absolute atomic E-state index is 0.825. The monoisotopic (exact) mass is 217 g/mol. The Labute approximate surface area is 99.3 Å². The van der Waals surface area contributed by atoms with E-state index in [2.05, 4.69) is 42.6 Å². The summed E-state index contributed by atoms with van der Waals surface area (Å²) in [5.41, 5.74) is 1.49. The predicted molar refractivity (Wildman–Crippen MR) is 69.5 cm³/mol. The summed E-state index contributed by atoms with van der Waals surface area (Å²) in [7, 11) is 0. The Morgan fingerprint density at radius 1 is 1.19 bits per heavy atom. The van der Waals surface area contributed by atoms with E-state index in [1.165, 1.54) is 44.3 Å². The van der Waals surface area contributed by atoms with Crippen LogP contribution >= 0.6 is 0 Å². The lowest BCUT2D eigenvalue weighted by atomic mass is 9.86. The molecular weight excluding hydrogens is 194 g/mol. The van der Waals surface area contributed by atoms with Gasteiger partial charge in [-0.1, -0.05) is 37.3 Å². The molecule has 1 nitrogen and oxygen atoms in total. The molecular formula is C15H23N. The average Bonchev–Trinajstić information content (AvgIpc) is 2.31. The Balaban J connectivity index is 1.77. The molecule has 2 rings (SSSR count). The molecule has 16 heavy (non-hydrogen) atoms. The molecule has 1 fully saturated rings. The van der Waals surface area contributed by atoms with Crippen LogP contribution < -0.4 is 5.32 Å². The van der Waals surface area contributed by atoms with E-state index in [0.29, 0.717) is 0 Å². The van der Waals surface area contributed by atoms with Crippen LogP contribution in [0.5, 0.6) is 0 Å². The molecule has 1 aliphatic heterocycles. The fourth-order valence-corrected chi connectivity index (χ4v) is 2.79. The van der Waals surface area contributed by atoms with Gasteiger partial charge in [0, 0.05) is 0 Å². The van der Waals surface area contributed by atoms with Gasteiger partial charge in [-0.15, -0.1) is 0 Å². The van der Waals surface area contributed by atoms with Crippen molar-refractivity contribution in [1.82, 2.24) is 5.32 Å². The summed E-state index contributed by atoms with van der Waals surface area (Å²) in [6.45, 7) is 4.85. The maximum Gasteiger partial charge on any atom is -0.00463 e. The fourth-order valence-electron chi connectivity index (χ4n) is 2.79. The summed E-state index contributed by atoms with van der Waals surface area (Å²) in [6.07, 6.45) is 5.39. The van der Waals surface area contributed by atoms with E-state index >= 15 is 0 Å². The minimum Gasteiger partial charge on any atom is -0.317 e. The molecule has 88 valence electrons. The van der Waals surface area contributed by atoms with Crippen LogP contribution in [0.25, 0.3) is 0 Å². The van der Waals surface area contributed by atoms with Crippen LogP contribution in [0.1, 0.15) is 31.7 Å². The maximum absolute atomic E-state index is 3.44. The van der Waals surface area contributed by atoms with Crippen LogP contribution in [0.4, 0.5) is 0 Å². The molecule has 1 saturated heterocycles. The van der Waals surface area contributed by atoms with Crippen molar-refractivity contribution < 1.29 is 0 Å². The third-order valence-electron chi connectivity index (χ3n) is 3.62. The lowest BCUT2D eigenvalue weighted by molar-refractivity contribution is 0.307. The van der Waals surface area contributed by atoms with E-state index in [-0.39, 0.29) is 0 Å². The number of rotatable bonds is 4. The maximum atomic E-state index is 3.44. The van der Waals surface area contributed by atoms with Gasteiger partial charge in [-0.05, 0) is 56.2 Å². The predicted octanol–water partition coefficient (Wildman–Crippen LogP) is 3.25. The van der Waals surface area contributed by atoms with Gasteiger partial charge in [-0.2, -0.15) is 0 Å². The van der Waals surface area contributed by atoms with Gasteiger partial charge in [-0.3, -0.25) is 0 Å². The van der Waals surface area contributed by atoms with Gasteiger partial charge in [0.05, 0.1) is 0 Å². The van der Waals surface area contributed by atoms with Crippen molar-refractivity contribution in [3.05, 3.63) is 35.9 Å². The number of hydrogen-bond donors (Lipinski definition) is 1. The third kappa shape index (κ3) is 3.64. The number of hydrogen-bond acceptors (Lipinski definition) is 1. The van der Waals surface area contributed by atoms with E-state index in [9.17, 15) is 0 Å². The van der Waals surface area contributed by atoms with Crippen molar-refractivity contribution in [3.8, 4) is 0 Å². The van der Waals surface area contributed by atoms with Gasteiger partial charge in [0.2, 0.25) is 0 Å². The van der Waals surface area contributed by atoms with Crippen molar-refractivity contribution in [2.75, 3.05) is 13.1 Å². The van der Waals surface area contributed by atoms with Gasteiger partial charge in [0.15, 0.2) is 0 Å². The van der Waals surface area contributed by atoms with Crippen LogP contribution in [-0.4, -0.2) is 13.1 Å². The highest BCUT2D eigenvalue weighted by Crippen LogP contribution is 2.23. The molecule has 1 aliphatic rings. The Kier molecular flexibility index (Phi) is 4.41. The second kappa shape index (κ2) is 6.05. The highest BCUT2D eigenvalue weighted by Gasteiger charge is 2.16. The lowest BCUT2D eigenvalue weighted by Gasteiger charge is -2.25. The quantitative estimate of drug-likeness (QED) is 0.816. The standard InChI is InChI=1S/C15H23N/c1-13(11-14-5-3-2-4-6-14)12-15-7-9-16-10-8-15/h2-6,13,15-16H,7-12H2,1H3/t13-/m0/s1. The van der Waals surface area contributed by atoms with Crippen LogP contribution in [0.3, 0.4) is 0 Å². The number of benzene rings is 1.